The molecule has 2 fully saturated rings. The van der Waals surface area contributed by atoms with Gasteiger partial charge >= 0.3 is 0 Å². The number of benzene rings is 1. The monoisotopic (exact) mass is 377 g/mol. The zero-order chi connectivity index (χ0) is 15.7. The Kier molecular flexibility index (Phi) is 4.22. The first-order valence-electron chi connectivity index (χ1n) is 8.16. The predicted octanol–water partition coefficient (Wildman–Crippen LogP) is 3.51. The maximum Gasteiger partial charge on any atom is 0.240 e. The van der Waals surface area contributed by atoms with Gasteiger partial charge in [-0.05, 0) is 43.4 Å². The quantitative estimate of drug-likeness (QED) is 0.863. The molecule has 6 heteroatoms. The summed E-state index contributed by atoms with van der Waals surface area (Å²) in [7, 11) is 0. The van der Waals surface area contributed by atoms with Crippen molar-refractivity contribution in [3.63, 3.8) is 0 Å². The fraction of sp³-hybridized carbons (Fsp3) is 0.529. The van der Waals surface area contributed by atoms with Gasteiger partial charge in [0.05, 0.1) is 6.54 Å². The van der Waals surface area contributed by atoms with Gasteiger partial charge in [-0.1, -0.05) is 33.2 Å². The number of aromatic nitrogens is 2. The van der Waals surface area contributed by atoms with E-state index in [1.165, 1.54) is 18.4 Å². The van der Waals surface area contributed by atoms with Gasteiger partial charge in [0.25, 0.3) is 0 Å². The van der Waals surface area contributed by atoms with Crippen molar-refractivity contribution in [2.45, 2.75) is 43.7 Å². The molecule has 2 heterocycles. The summed E-state index contributed by atoms with van der Waals surface area (Å²) in [4.78, 5) is 4.52. The molecule has 1 aliphatic carbocycles. The predicted molar refractivity (Wildman–Crippen MR) is 89.0 cm³/mol. The highest BCUT2D eigenvalue weighted by atomic mass is 79.9. The molecule has 1 aliphatic heterocycles. The number of hydrogen-bond acceptors (Lipinski definition) is 5. The van der Waals surface area contributed by atoms with Crippen LogP contribution in [0.1, 0.15) is 48.9 Å². The smallest absolute Gasteiger partial charge is 0.240 e. The molecule has 2 aromatic rings. The van der Waals surface area contributed by atoms with Crippen LogP contribution in [0.25, 0.3) is 0 Å². The summed E-state index contributed by atoms with van der Waals surface area (Å²) in [6, 6.07) is 8.49. The van der Waals surface area contributed by atoms with Crippen molar-refractivity contribution in [2.24, 2.45) is 0 Å². The van der Waals surface area contributed by atoms with Crippen LogP contribution in [0, 0.1) is 0 Å². The van der Waals surface area contributed by atoms with Crippen LogP contribution in [0.2, 0.25) is 0 Å². The first-order chi connectivity index (χ1) is 11.3. The van der Waals surface area contributed by atoms with E-state index in [4.69, 9.17) is 9.26 Å². The van der Waals surface area contributed by atoms with Crippen molar-refractivity contribution in [1.29, 1.82) is 0 Å². The van der Waals surface area contributed by atoms with Crippen molar-refractivity contribution in [3.05, 3.63) is 46.0 Å². The minimum Gasteiger partial charge on any atom is -0.381 e. The van der Waals surface area contributed by atoms with Crippen LogP contribution in [-0.2, 0) is 16.8 Å². The number of hydrogen-bond donors (Lipinski definition) is 1. The summed E-state index contributed by atoms with van der Waals surface area (Å²) < 4.78 is 12.1. The molecule has 23 heavy (non-hydrogen) atoms. The minimum atomic E-state index is -0.101. The van der Waals surface area contributed by atoms with E-state index in [0.717, 1.165) is 36.4 Å². The van der Waals surface area contributed by atoms with Crippen molar-refractivity contribution >= 4 is 15.9 Å². The Balaban J connectivity index is 1.53. The van der Waals surface area contributed by atoms with Gasteiger partial charge in [-0.15, -0.1) is 0 Å². The Hall–Kier alpha value is -1.24. The summed E-state index contributed by atoms with van der Waals surface area (Å²) in [6.07, 6.45) is 4.25. The first kappa shape index (κ1) is 15.3. The van der Waals surface area contributed by atoms with Crippen LogP contribution >= 0.6 is 15.9 Å². The highest BCUT2D eigenvalue weighted by molar-refractivity contribution is 9.10. The third-order valence-electron chi connectivity index (χ3n) is 4.73. The Labute approximate surface area is 143 Å². The molecular formula is C17H20BrN3O2. The molecule has 1 N–H and O–H groups in total. The minimum absolute atomic E-state index is 0.101. The zero-order valence-corrected chi connectivity index (χ0v) is 14.5. The van der Waals surface area contributed by atoms with E-state index >= 15 is 0 Å². The standard InChI is InChI=1S/C17H20BrN3O2/c18-14-3-1-2-13(10-14)17(6-8-22-9-7-17)19-11-15-20-16(21-23-15)12-4-5-12/h1-3,10,12,19H,4-9,11H2. The summed E-state index contributed by atoms with van der Waals surface area (Å²) in [5.41, 5.74) is 1.17. The molecule has 4 rings (SSSR count). The lowest BCUT2D eigenvalue weighted by Gasteiger charge is -2.38. The molecule has 1 saturated heterocycles. The second-order valence-electron chi connectivity index (χ2n) is 6.38. The Morgan fingerprint density at radius 3 is 2.83 bits per heavy atom. The van der Waals surface area contributed by atoms with Crippen LogP contribution in [0.4, 0.5) is 0 Å². The summed E-state index contributed by atoms with van der Waals surface area (Å²) in [6.45, 7) is 2.11. The van der Waals surface area contributed by atoms with Gasteiger partial charge < -0.3 is 9.26 Å². The SMILES string of the molecule is Brc1cccc(C2(NCc3nc(C4CC4)no3)CCOCC2)c1. The van der Waals surface area contributed by atoms with E-state index in [0.29, 0.717) is 18.4 Å². The molecule has 0 atom stereocenters. The molecule has 0 spiro atoms. The summed E-state index contributed by atoms with van der Waals surface area (Å²) >= 11 is 3.58. The summed E-state index contributed by atoms with van der Waals surface area (Å²) in [5.74, 6) is 2.06. The van der Waals surface area contributed by atoms with Crippen LogP contribution in [-0.4, -0.2) is 23.4 Å². The second-order valence-corrected chi connectivity index (χ2v) is 7.29. The zero-order valence-electron chi connectivity index (χ0n) is 12.9. The van der Waals surface area contributed by atoms with Crippen LogP contribution in [0.5, 0.6) is 0 Å². The molecule has 1 saturated carbocycles. The molecule has 5 nitrogen and oxygen atoms in total. The van der Waals surface area contributed by atoms with E-state index in [1.54, 1.807) is 0 Å². The van der Waals surface area contributed by atoms with Gasteiger partial charge in [0.15, 0.2) is 5.82 Å². The third kappa shape index (κ3) is 3.34. The van der Waals surface area contributed by atoms with E-state index < -0.39 is 0 Å². The van der Waals surface area contributed by atoms with Gasteiger partial charge in [0.1, 0.15) is 0 Å². The molecule has 0 radical (unpaired) electrons. The molecular weight excluding hydrogens is 358 g/mol. The molecule has 2 aliphatic rings. The number of nitrogens with one attached hydrogen (secondary N) is 1. The number of rotatable bonds is 5. The van der Waals surface area contributed by atoms with Crippen LogP contribution in [0.3, 0.4) is 0 Å². The Bertz CT molecular complexity index is 678. The Morgan fingerprint density at radius 2 is 2.09 bits per heavy atom. The lowest BCUT2D eigenvalue weighted by molar-refractivity contribution is 0.0346. The van der Waals surface area contributed by atoms with Crippen molar-refractivity contribution in [2.75, 3.05) is 13.2 Å². The lowest BCUT2D eigenvalue weighted by Crippen LogP contribution is -2.46. The third-order valence-corrected chi connectivity index (χ3v) is 5.22. The van der Waals surface area contributed by atoms with Crippen molar-refractivity contribution in [1.82, 2.24) is 15.5 Å². The van der Waals surface area contributed by atoms with Crippen molar-refractivity contribution < 1.29 is 9.26 Å². The van der Waals surface area contributed by atoms with E-state index in [-0.39, 0.29) is 5.54 Å². The van der Waals surface area contributed by atoms with Gasteiger partial charge in [-0.25, -0.2) is 0 Å². The molecule has 0 bridgehead atoms. The van der Waals surface area contributed by atoms with Gasteiger partial charge in [0, 0.05) is 29.1 Å². The largest absolute Gasteiger partial charge is 0.381 e. The fourth-order valence-electron chi connectivity index (χ4n) is 3.17. The van der Waals surface area contributed by atoms with Gasteiger partial charge in [-0.3, -0.25) is 5.32 Å². The second kappa shape index (κ2) is 6.34. The maximum atomic E-state index is 5.57. The van der Waals surface area contributed by atoms with Crippen LogP contribution < -0.4 is 5.32 Å². The fourth-order valence-corrected chi connectivity index (χ4v) is 3.56. The Morgan fingerprint density at radius 1 is 1.26 bits per heavy atom. The lowest BCUT2D eigenvalue weighted by atomic mass is 9.82. The van der Waals surface area contributed by atoms with E-state index in [2.05, 4.69) is 55.7 Å². The number of halogens is 1. The van der Waals surface area contributed by atoms with Crippen LogP contribution in [0.15, 0.2) is 33.3 Å². The molecule has 0 unspecified atom stereocenters. The van der Waals surface area contributed by atoms with E-state index in [9.17, 15) is 0 Å². The van der Waals surface area contributed by atoms with Crippen molar-refractivity contribution in [3.8, 4) is 0 Å². The molecule has 1 aromatic heterocycles. The maximum absolute atomic E-state index is 5.57. The highest BCUT2D eigenvalue weighted by Gasteiger charge is 2.35. The molecule has 0 amide bonds. The average Bonchev–Trinajstić information content (AvgIpc) is 3.32. The molecule has 122 valence electrons. The topological polar surface area (TPSA) is 60.2 Å². The highest BCUT2D eigenvalue weighted by Crippen LogP contribution is 2.38. The normalized spacial score (nSPS) is 20.6. The first-order valence-corrected chi connectivity index (χ1v) is 8.96. The number of ether oxygens (including phenoxy) is 1. The average molecular weight is 378 g/mol. The van der Waals surface area contributed by atoms with Gasteiger partial charge in [-0.2, -0.15) is 4.98 Å². The van der Waals surface area contributed by atoms with E-state index in [1.807, 2.05) is 0 Å². The number of nitrogens with zero attached hydrogens (tertiary/aromatic N) is 2. The summed E-state index contributed by atoms with van der Waals surface area (Å²) in [5, 5.41) is 7.76. The van der Waals surface area contributed by atoms with Gasteiger partial charge in [0.2, 0.25) is 5.89 Å². The molecule has 1 aromatic carbocycles.